The third-order valence-electron chi connectivity index (χ3n) is 4.18. The summed E-state index contributed by atoms with van der Waals surface area (Å²) in [6.07, 6.45) is 1.81. The predicted molar refractivity (Wildman–Crippen MR) is 77.6 cm³/mol. The minimum absolute atomic E-state index is 0.0976. The monoisotopic (exact) mass is 262 g/mol. The summed E-state index contributed by atoms with van der Waals surface area (Å²) in [5, 5.41) is 0. The largest absolute Gasteiger partial charge is 0.492 e. The first-order chi connectivity index (χ1) is 9.84. The van der Waals surface area contributed by atoms with Gasteiger partial charge in [0.1, 0.15) is 5.75 Å². The molecule has 0 saturated heterocycles. The summed E-state index contributed by atoms with van der Waals surface area (Å²) in [5.74, 6) is 1.12. The maximum absolute atomic E-state index is 12.4. The molecule has 2 aromatic rings. The van der Waals surface area contributed by atoms with Gasteiger partial charge in [0.15, 0.2) is 5.78 Å². The van der Waals surface area contributed by atoms with Crippen LogP contribution in [-0.2, 0) is 4.79 Å². The highest BCUT2D eigenvalue weighted by Gasteiger charge is 2.41. The van der Waals surface area contributed by atoms with Crippen LogP contribution < -0.4 is 4.74 Å². The molecule has 1 aliphatic heterocycles. The molecule has 0 radical (unpaired) electrons. The van der Waals surface area contributed by atoms with Gasteiger partial charge >= 0.3 is 0 Å². The van der Waals surface area contributed by atoms with Crippen molar-refractivity contribution in [3.63, 3.8) is 0 Å². The molecule has 4 rings (SSSR count). The maximum Gasteiger partial charge on any atom is 0.164 e. The van der Waals surface area contributed by atoms with E-state index in [1.807, 2.05) is 60.7 Å². The third kappa shape index (κ3) is 1.61. The van der Waals surface area contributed by atoms with Crippen LogP contribution in [0.15, 0.2) is 60.7 Å². The molecule has 2 aromatic carbocycles. The molecule has 0 aromatic heterocycles. The Hall–Kier alpha value is -2.35. The van der Waals surface area contributed by atoms with Crippen molar-refractivity contribution in [2.24, 2.45) is 5.92 Å². The molecule has 0 spiro atoms. The highest BCUT2D eigenvalue weighted by Crippen LogP contribution is 2.47. The SMILES string of the molecule is O=C1C=C2c3ccccc3OC[C@H]2[C@H]1c1ccccc1. The normalized spacial score (nSPS) is 23.6. The van der Waals surface area contributed by atoms with Gasteiger partial charge in [-0.2, -0.15) is 0 Å². The highest BCUT2D eigenvalue weighted by molar-refractivity contribution is 6.08. The van der Waals surface area contributed by atoms with Crippen molar-refractivity contribution in [3.8, 4) is 5.75 Å². The van der Waals surface area contributed by atoms with Gasteiger partial charge in [-0.05, 0) is 23.3 Å². The first kappa shape index (κ1) is 11.5. The summed E-state index contributed by atoms with van der Waals surface area (Å²) in [4.78, 5) is 12.4. The quantitative estimate of drug-likeness (QED) is 0.787. The molecule has 1 heterocycles. The zero-order valence-electron chi connectivity index (χ0n) is 11.0. The lowest BCUT2D eigenvalue weighted by atomic mass is 9.82. The highest BCUT2D eigenvalue weighted by atomic mass is 16.5. The van der Waals surface area contributed by atoms with E-state index in [2.05, 4.69) is 0 Å². The Morgan fingerprint density at radius 3 is 2.55 bits per heavy atom. The van der Waals surface area contributed by atoms with E-state index in [1.165, 1.54) is 0 Å². The summed E-state index contributed by atoms with van der Waals surface area (Å²) in [5.41, 5.74) is 3.28. The molecule has 0 N–H and O–H groups in total. The van der Waals surface area contributed by atoms with Crippen LogP contribution in [0.3, 0.4) is 0 Å². The molecule has 2 nitrogen and oxygen atoms in total. The number of ketones is 1. The number of benzene rings is 2. The Morgan fingerprint density at radius 2 is 1.70 bits per heavy atom. The van der Waals surface area contributed by atoms with E-state index in [4.69, 9.17) is 4.74 Å². The van der Waals surface area contributed by atoms with Crippen molar-refractivity contribution >= 4 is 11.4 Å². The van der Waals surface area contributed by atoms with Gasteiger partial charge in [0.05, 0.1) is 12.5 Å². The number of hydrogen-bond donors (Lipinski definition) is 0. The molecule has 0 fully saturated rings. The van der Waals surface area contributed by atoms with Gasteiger partial charge < -0.3 is 4.74 Å². The average molecular weight is 262 g/mol. The maximum atomic E-state index is 12.4. The Balaban J connectivity index is 1.79. The van der Waals surface area contributed by atoms with Gasteiger partial charge in [0, 0.05) is 11.5 Å². The van der Waals surface area contributed by atoms with Crippen molar-refractivity contribution in [1.29, 1.82) is 0 Å². The Bertz CT molecular complexity index is 700. The van der Waals surface area contributed by atoms with Gasteiger partial charge in [-0.1, -0.05) is 48.5 Å². The van der Waals surface area contributed by atoms with E-state index < -0.39 is 0 Å². The molecule has 2 atom stereocenters. The molecule has 1 aliphatic carbocycles. The second kappa shape index (κ2) is 4.34. The lowest BCUT2D eigenvalue weighted by molar-refractivity contribution is -0.116. The van der Waals surface area contributed by atoms with Crippen LogP contribution in [-0.4, -0.2) is 12.4 Å². The Labute approximate surface area is 117 Å². The fourth-order valence-corrected chi connectivity index (χ4v) is 3.26. The first-order valence-corrected chi connectivity index (χ1v) is 6.87. The standard InChI is InChI=1S/C18H14O2/c19-16-10-14-13-8-4-5-9-17(13)20-11-15(14)18(16)12-6-2-1-3-7-12/h1-10,15,18H,11H2/t15-,18-/m1/s1. The van der Waals surface area contributed by atoms with Crippen molar-refractivity contribution in [3.05, 3.63) is 71.8 Å². The van der Waals surface area contributed by atoms with Gasteiger partial charge in [0.2, 0.25) is 0 Å². The lowest BCUT2D eigenvalue weighted by Crippen LogP contribution is -2.24. The van der Waals surface area contributed by atoms with Crippen LogP contribution in [0.25, 0.3) is 5.57 Å². The van der Waals surface area contributed by atoms with Crippen LogP contribution in [0.4, 0.5) is 0 Å². The molecule has 0 bridgehead atoms. The summed E-state index contributed by atoms with van der Waals surface area (Å²) in [6, 6.07) is 18.0. The van der Waals surface area contributed by atoms with Crippen LogP contribution in [0.1, 0.15) is 17.0 Å². The van der Waals surface area contributed by atoms with Crippen LogP contribution in [0, 0.1) is 5.92 Å². The predicted octanol–water partition coefficient (Wildman–Crippen LogP) is 3.45. The number of fused-ring (bicyclic) bond motifs is 3. The summed E-state index contributed by atoms with van der Waals surface area (Å²) >= 11 is 0. The number of allylic oxidation sites excluding steroid dienone is 1. The Morgan fingerprint density at radius 1 is 0.950 bits per heavy atom. The number of carbonyl (C=O) groups excluding carboxylic acids is 1. The number of para-hydroxylation sites is 1. The zero-order valence-corrected chi connectivity index (χ0v) is 11.0. The minimum Gasteiger partial charge on any atom is -0.492 e. The summed E-state index contributed by atoms with van der Waals surface area (Å²) in [6.45, 7) is 0.578. The summed E-state index contributed by atoms with van der Waals surface area (Å²) in [7, 11) is 0. The van der Waals surface area contributed by atoms with Crippen molar-refractivity contribution in [2.45, 2.75) is 5.92 Å². The third-order valence-corrected chi connectivity index (χ3v) is 4.18. The van der Waals surface area contributed by atoms with Gasteiger partial charge in [0.25, 0.3) is 0 Å². The second-order valence-electron chi connectivity index (χ2n) is 5.30. The van der Waals surface area contributed by atoms with E-state index >= 15 is 0 Å². The number of rotatable bonds is 1. The second-order valence-corrected chi connectivity index (χ2v) is 5.30. The van der Waals surface area contributed by atoms with Crippen molar-refractivity contribution < 1.29 is 9.53 Å². The number of ether oxygens (including phenoxy) is 1. The molecule has 0 amide bonds. The van der Waals surface area contributed by atoms with Crippen molar-refractivity contribution in [1.82, 2.24) is 0 Å². The van der Waals surface area contributed by atoms with E-state index in [1.54, 1.807) is 0 Å². The smallest absolute Gasteiger partial charge is 0.164 e. The number of hydrogen-bond acceptors (Lipinski definition) is 2. The average Bonchev–Trinajstić information content (AvgIpc) is 2.84. The molecule has 2 heteroatoms. The first-order valence-electron chi connectivity index (χ1n) is 6.87. The molecule has 0 unspecified atom stereocenters. The summed E-state index contributed by atoms with van der Waals surface area (Å²) < 4.78 is 5.84. The molecule has 98 valence electrons. The lowest BCUT2D eigenvalue weighted by Gasteiger charge is -2.28. The van der Waals surface area contributed by atoms with E-state index in [0.717, 1.165) is 22.4 Å². The van der Waals surface area contributed by atoms with Crippen molar-refractivity contribution in [2.75, 3.05) is 6.61 Å². The zero-order chi connectivity index (χ0) is 13.5. The van der Waals surface area contributed by atoms with E-state index in [9.17, 15) is 4.79 Å². The molecular weight excluding hydrogens is 248 g/mol. The van der Waals surface area contributed by atoms with Crippen LogP contribution in [0.5, 0.6) is 5.75 Å². The minimum atomic E-state index is -0.0976. The van der Waals surface area contributed by atoms with Gasteiger partial charge in [-0.25, -0.2) is 0 Å². The topological polar surface area (TPSA) is 26.3 Å². The van der Waals surface area contributed by atoms with Gasteiger partial charge in [-0.15, -0.1) is 0 Å². The fraction of sp³-hybridized carbons (Fsp3) is 0.167. The van der Waals surface area contributed by atoms with Crippen LogP contribution in [0.2, 0.25) is 0 Å². The Kier molecular flexibility index (Phi) is 2.49. The van der Waals surface area contributed by atoms with E-state index in [-0.39, 0.29) is 17.6 Å². The molecule has 2 aliphatic rings. The number of carbonyl (C=O) groups is 1. The van der Waals surface area contributed by atoms with Crippen LogP contribution >= 0.6 is 0 Å². The van der Waals surface area contributed by atoms with E-state index in [0.29, 0.717) is 6.61 Å². The fourth-order valence-electron chi connectivity index (χ4n) is 3.26. The molecule has 20 heavy (non-hydrogen) atoms. The molecule has 0 saturated carbocycles. The molecular formula is C18H14O2. The van der Waals surface area contributed by atoms with Gasteiger partial charge in [-0.3, -0.25) is 4.79 Å².